The first-order valence-electron chi connectivity index (χ1n) is 15.4. The number of piperazine rings is 1. The van der Waals surface area contributed by atoms with Crippen LogP contribution in [0.2, 0.25) is 0 Å². The van der Waals surface area contributed by atoms with E-state index in [-0.39, 0.29) is 23.8 Å². The Balaban J connectivity index is 1.30. The van der Waals surface area contributed by atoms with Crippen LogP contribution in [0, 0.1) is 11.3 Å². The van der Waals surface area contributed by atoms with Gasteiger partial charge in [0.1, 0.15) is 12.4 Å². The van der Waals surface area contributed by atoms with Crippen LogP contribution < -0.4 is 9.64 Å². The van der Waals surface area contributed by atoms with Crippen molar-refractivity contribution in [3.63, 3.8) is 0 Å². The number of anilines is 1. The van der Waals surface area contributed by atoms with Crippen LogP contribution in [0.5, 0.6) is 6.01 Å². The number of nitriles is 1. The highest BCUT2D eigenvalue weighted by Crippen LogP contribution is 2.48. The van der Waals surface area contributed by atoms with Crippen molar-refractivity contribution in [3.05, 3.63) is 58.8 Å². The number of hydrogen-bond donors (Lipinski definition) is 0. The predicted octanol–water partition coefficient (Wildman–Crippen LogP) is 3.46. The van der Waals surface area contributed by atoms with E-state index >= 15 is 0 Å². The molecule has 2 aliphatic carbocycles. The fourth-order valence-corrected chi connectivity index (χ4v) is 7.52. The third-order valence-corrected chi connectivity index (χ3v) is 9.86. The van der Waals surface area contributed by atoms with Crippen LogP contribution in [-0.2, 0) is 34.2 Å². The Morgan fingerprint density at radius 1 is 1.17 bits per heavy atom. The van der Waals surface area contributed by atoms with Gasteiger partial charge >= 0.3 is 6.01 Å². The van der Waals surface area contributed by atoms with Gasteiger partial charge < -0.3 is 24.2 Å². The number of carbonyl (C=O) groups is 1. The highest BCUT2D eigenvalue weighted by atomic mass is 16.5. The monoisotopic (exact) mass is 570 g/mol. The number of aryl methyl sites for hydroxylation is 1. The standard InChI is InChI=1S/C33H42N6O3/c1-37-17-5-8-26(37)23-42-32-35-29-21-33(14-11-24-7-3-4-9-28(24)33)15-12-27(29)31(36-32)38-18-19-39(25(22-38)13-16-34)30(40)10-6-20-41-2/h3-4,6-7,9-10,25-26H,5,8,11-15,17-23H2,1-2H3/b10-6+/t25-,26-,33?/m0/s1. The molecule has 222 valence electrons. The lowest BCUT2D eigenvalue weighted by atomic mass is 9.69. The normalized spacial score (nSPS) is 25.5. The molecule has 9 nitrogen and oxygen atoms in total. The Kier molecular flexibility index (Phi) is 8.45. The number of methoxy groups -OCH3 is 1. The van der Waals surface area contributed by atoms with Crippen molar-refractivity contribution in [2.75, 3.05) is 58.5 Å². The molecule has 0 saturated carbocycles. The molecule has 1 amide bonds. The number of carbonyl (C=O) groups excluding carboxylic acids is 1. The molecule has 1 unspecified atom stereocenters. The molecular weight excluding hydrogens is 528 g/mol. The molecule has 2 saturated heterocycles. The van der Waals surface area contributed by atoms with E-state index in [1.807, 2.05) is 4.90 Å². The maximum Gasteiger partial charge on any atom is 0.318 e. The van der Waals surface area contributed by atoms with Gasteiger partial charge in [0.25, 0.3) is 0 Å². The van der Waals surface area contributed by atoms with E-state index in [0.29, 0.717) is 44.9 Å². The Bertz CT molecular complexity index is 1370. The molecule has 0 N–H and O–H groups in total. The van der Waals surface area contributed by atoms with E-state index in [9.17, 15) is 10.1 Å². The Morgan fingerprint density at radius 2 is 2.02 bits per heavy atom. The van der Waals surface area contributed by atoms with Gasteiger partial charge in [0.2, 0.25) is 5.91 Å². The summed E-state index contributed by atoms with van der Waals surface area (Å²) in [7, 11) is 3.76. The molecule has 3 atom stereocenters. The highest BCUT2D eigenvalue weighted by molar-refractivity contribution is 5.88. The van der Waals surface area contributed by atoms with Crippen LogP contribution in [0.25, 0.3) is 0 Å². The van der Waals surface area contributed by atoms with Crippen molar-refractivity contribution in [2.45, 2.75) is 68.9 Å². The number of hydrogen-bond acceptors (Lipinski definition) is 8. The first-order chi connectivity index (χ1) is 20.5. The predicted molar refractivity (Wildman–Crippen MR) is 161 cm³/mol. The molecule has 2 aliphatic heterocycles. The number of likely N-dealkylation sites (N-methyl/N-ethyl adjacent to an activating group) is 1. The lowest BCUT2D eigenvalue weighted by Crippen LogP contribution is -2.55. The van der Waals surface area contributed by atoms with E-state index in [1.54, 1.807) is 19.3 Å². The van der Waals surface area contributed by atoms with Crippen molar-refractivity contribution in [2.24, 2.45) is 0 Å². The lowest BCUT2D eigenvalue weighted by molar-refractivity contribution is -0.128. The van der Waals surface area contributed by atoms with Gasteiger partial charge in [0.15, 0.2) is 0 Å². The molecule has 4 aliphatic rings. The van der Waals surface area contributed by atoms with E-state index in [1.165, 1.54) is 23.1 Å². The van der Waals surface area contributed by atoms with E-state index in [0.717, 1.165) is 56.6 Å². The average Bonchev–Trinajstić information content (AvgIpc) is 3.58. The number of aromatic nitrogens is 2. The quantitative estimate of drug-likeness (QED) is 0.446. The van der Waals surface area contributed by atoms with Gasteiger partial charge in [-0.05, 0) is 69.7 Å². The minimum atomic E-state index is -0.220. The second kappa shape index (κ2) is 12.4. The van der Waals surface area contributed by atoms with Crippen LogP contribution in [0.15, 0.2) is 36.4 Å². The van der Waals surface area contributed by atoms with Gasteiger partial charge in [-0.25, -0.2) is 0 Å². The van der Waals surface area contributed by atoms with Gasteiger partial charge in [-0.2, -0.15) is 15.2 Å². The lowest BCUT2D eigenvalue weighted by Gasteiger charge is -2.42. The minimum absolute atomic E-state index is 0.0804. The van der Waals surface area contributed by atoms with Crippen LogP contribution >= 0.6 is 0 Å². The number of amides is 1. The van der Waals surface area contributed by atoms with E-state index in [2.05, 4.69) is 47.2 Å². The fourth-order valence-electron chi connectivity index (χ4n) is 7.52. The Labute approximate surface area is 249 Å². The summed E-state index contributed by atoms with van der Waals surface area (Å²) in [4.78, 5) is 29.5. The summed E-state index contributed by atoms with van der Waals surface area (Å²) in [6.45, 7) is 3.79. The molecule has 1 aromatic carbocycles. The van der Waals surface area contributed by atoms with E-state index in [4.69, 9.17) is 19.4 Å². The van der Waals surface area contributed by atoms with Gasteiger partial charge in [-0.1, -0.05) is 30.3 Å². The second-order valence-corrected chi connectivity index (χ2v) is 12.3. The van der Waals surface area contributed by atoms with E-state index < -0.39 is 0 Å². The second-order valence-electron chi connectivity index (χ2n) is 12.3. The van der Waals surface area contributed by atoms with Gasteiger partial charge in [0, 0.05) is 49.8 Å². The molecular formula is C33H42N6O3. The van der Waals surface area contributed by atoms with Gasteiger partial charge in [-0.15, -0.1) is 0 Å². The SMILES string of the molecule is COC/C=C/C(=O)N1CCN(c2nc(OC[C@@H]3CCCN3C)nc3c2CCC2(CCc4ccccc42)C3)C[C@@H]1CC#N. The van der Waals surface area contributed by atoms with Crippen molar-refractivity contribution in [3.8, 4) is 12.1 Å². The fraction of sp³-hybridized carbons (Fsp3) is 0.576. The topological polar surface area (TPSA) is 94.8 Å². The average molecular weight is 571 g/mol. The van der Waals surface area contributed by atoms with Crippen molar-refractivity contribution >= 4 is 11.7 Å². The van der Waals surface area contributed by atoms with Crippen LogP contribution in [0.1, 0.15) is 54.5 Å². The molecule has 2 fully saturated rings. The van der Waals surface area contributed by atoms with Crippen molar-refractivity contribution < 1.29 is 14.3 Å². The molecule has 2 aromatic rings. The summed E-state index contributed by atoms with van der Waals surface area (Å²) < 4.78 is 11.4. The summed E-state index contributed by atoms with van der Waals surface area (Å²) in [5.74, 6) is 0.837. The molecule has 1 spiro atoms. The van der Waals surface area contributed by atoms with Crippen molar-refractivity contribution in [1.82, 2.24) is 19.8 Å². The summed E-state index contributed by atoms with van der Waals surface area (Å²) in [6.07, 6.45) is 11.0. The zero-order valence-corrected chi connectivity index (χ0v) is 24.9. The maximum absolute atomic E-state index is 13.0. The molecule has 3 heterocycles. The minimum Gasteiger partial charge on any atom is -0.462 e. The third-order valence-electron chi connectivity index (χ3n) is 9.86. The first kappa shape index (κ1) is 28.6. The Hall–Kier alpha value is -3.48. The van der Waals surface area contributed by atoms with Gasteiger partial charge in [-0.3, -0.25) is 4.79 Å². The molecule has 0 bridgehead atoms. The number of benzene rings is 1. The molecule has 1 aromatic heterocycles. The zero-order valence-electron chi connectivity index (χ0n) is 24.9. The molecule has 0 radical (unpaired) electrons. The molecule has 6 rings (SSSR count). The first-order valence-corrected chi connectivity index (χ1v) is 15.4. The zero-order chi connectivity index (χ0) is 29.1. The summed E-state index contributed by atoms with van der Waals surface area (Å²) in [5, 5.41) is 9.62. The van der Waals surface area contributed by atoms with Crippen LogP contribution in [0.4, 0.5) is 5.82 Å². The summed E-state index contributed by atoms with van der Waals surface area (Å²) in [5.41, 5.74) is 5.35. The maximum atomic E-state index is 13.0. The smallest absolute Gasteiger partial charge is 0.318 e. The summed E-state index contributed by atoms with van der Waals surface area (Å²) in [6, 6.07) is 11.8. The summed E-state index contributed by atoms with van der Waals surface area (Å²) >= 11 is 0. The van der Waals surface area contributed by atoms with Crippen molar-refractivity contribution in [1.29, 1.82) is 5.26 Å². The Morgan fingerprint density at radius 3 is 2.83 bits per heavy atom. The number of nitrogens with zero attached hydrogens (tertiary/aromatic N) is 6. The highest BCUT2D eigenvalue weighted by Gasteiger charge is 2.43. The number of likely N-dealkylation sites (tertiary alicyclic amines) is 1. The largest absolute Gasteiger partial charge is 0.462 e. The molecule has 42 heavy (non-hydrogen) atoms. The number of fused-ring (bicyclic) bond motifs is 3. The molecule has 9 heteroatoms. The number of ether oxygens (including phenoxy) is 2. The van der Waals surface area contributed by atoms with Crippen LogP contribution in [0.3, 0.4) is 0 Å². The van der Waals surface area contributed by atoms with Gasteiger partial charge in [0.05, 0.1) is 30.8 Å². The van der Waals surface area contributed by atoms with Crippen LogP contribution in [-0.4, -0.2) is 91.3 Å². The third kappa shape index (κ3) is 5.62. The number of rotatable bonds is 8.